The number of nitrogens with zero attached hydrogens (tertiary/aromatic N) is 3. The first-order valence-electron chi connectivity index (χ1n) is 7.16. The molecule has 1 fully saturated rings. The molecule has 0 saturated carbocycles. The molecule has 7 heteroatoms. The van der Waals surface area contributed by atoms with E-state index in [0.29, 0.717) is 6.04 Å². The molecule has 0 aliphatic carbocycles. The van der Waals surface area contributed by atoms with Gasteiger partial charge in [0.15, 0.2) is 0 Å². The molecule has 1 aromatic rings. The maximum Gasteiger partial charge on any atom is 0.224 e. The van der Waals surface area contributed by atoms with Crippen molar-refractivity contribution in [2.45, 2.75) is 17.4 Å². The molecule has 3 rings (SSSR count). The van der Waals surface area contributed by atoms with E-state index in [2.05, 4.69) is 25.8 Å². The first-order chi connectivity index (χ1) is 9.81. The number of aromatic nitrogens is 2. The van der Waals surface area contributed by atoms with Crippen LogP contribution in [-0.2, 0) is 6.42 Å². The van der Waals surface area contributed by atoms with Gasteiger partial charge in [-0.3, -0.25) is 0 Å². The Morgan fingerprint density at radius 3 is 2.75 bits per heavy atom. The van der Waals surface area contributed by atoms with E-state index in [4.69, 9.17) is 4.98 Å². The Balaban J connectivity index is 1.96. The fourth-order valence-electron chi connectivity index (χ4n) is 2.63. The number of piperazine rings is 1. The molecule has 1 unspecified atom stereocenters. The molecule has 0 radical (unpaired) electrons. The van der Waals surface area contributed by atoms with Gasteiger partial charge < -0.3 is 20.9 Å². The summed E-state index contributed by atoms with van der Waals surface area (Å²) in [4.78, 5) is 13.0. The molecule has 1 atom stereocenters. The lowest BCUT2D eigenvalue weighted by Crippen LogP contribution is -2.44. The molecule has 3 heterocycles. The molecule has 0 spiro atoms. The number of thioether (sulfide) groups is 1. The van der Waals surface area contributed by atoms with Gasteiger partial charge in [0, 0.05) is 51.4 Å². The van der Waals surface area contributed by atoms with Crippen LogP contribution in [0.5, 0.6) is 0 Å². The van der Waals surface area contributed by atoms with E-state index in [1.807, 2.05) is 25.9 Å². The predicted molar refractivity (Wildman–Crippen MR) is 83.9 cm³/mol. The summed E-state index contributed by atoms with van der Waals surface area (Å²) < 4.78 is 0. The van der Waals surface area contributed by atoms with Crippen molar-refractivity contribution in [1.29, 1.82) is 0 Å². The van der Waals surface area contributed by atoms with Crippen molar-refractivity contribution in [2.24, 2.45) is 0 Å². The molecule has 0 amide bonds. The van der Waals surface area contributed by atoms with Crippen molar-refractivity contribution in [3.8, 4) is 0 Å². The highest BCUT2D eigenvalue weighted by molar-refractivity contribution is 7.99. The summed E-state index contributed by atoms with van der Waals surface area (Å²) in [5, 5.41) is 9.84. The second-order valence-corrected chi connectivity index (χ2v) is 6.16. The van der Waals surface area contributed by atoms with Crippen LogP contribution in [0, 0.1) is 0 Å². The SMILES string of the molecule is CNc1nc2c(c(N3CCNCC3)n1)SCC(NC)C2. The van der Waals surface area contributed by atoms with Gasteiger partial charge in [-0.05, 0) is 7.05 Å². The highest BCUT2D eigenvalue weighted by atomic mass is 32.2. The van der Waals surface area contributed by atoms with E-state index < -0.39 is 0 Å². The van der Waals surface area contributed by atoms with E-state index in [1.165, 1.54) is 10.6 Å². The number of fused-ring (bicyclic) bond motifs is 1. The Labute approximate surface area is 124 Å². The normalized spacial score (nSPS) is 22.5. The topological polar surface area (TPSA) is 65.1 Å². The van der Waals surface area contributed by atoms with Crippen LogP contribution in [0.3, 0.4) is 0 Å². The zero-order valence-corrected chi connectivity index (χ0v) is 12.9. The standard InChI is InChI=1S/C13H22N6S/c1-14-9-7-10-11(20-8-9)12(18-13(15-2)17-10)19-5-3-16-4-6-19/h9,14,16H,3-8H2,1-2H3,(H,15,17,18). The van der Waals surface area contributed by atoms with Crippen molar-refractivity contribution in [3.63, 3.8) is 0 Å². The maximum atomic E-state index is 4.71. The van der Waals surface area contributed by atoms with Crippen LogP contribution in [0.1, 0.15) is 5.69 Å². The third kappa shape index (κ3) is 2.70. The number of anilines is 2. The molecule has 0 aromatic carbocycles. The quantitative estimate of drug-likeness (QED) is 0.734. The van der Waals surface area contributed by atoms with Gasteiger partial charge in [-0.25, -0.2) is 4.98 Å². The van der Waals surface area contributed by atoms with Gasteiger partial charge in [-0.15, -0.1) is 11.8 Å². The minimum Gasteiger partial charge on any atom is -0.357 e. The van der Waals surface area contributed by atoms with Gasteiger partial charge >= 0.3 is 0 Å². The Morgan fingerprint density at radius 2 is 2.05 bits per heavy atom. The van der Waals surface area contributed by atoms with Crippen molar-refractivity contribution in [3.05, 3.63) is 5.69 Å². The number of hydrogen-bond acceptors (Lipinski definition) is 7. The fourth-order valence-corrected chi connectivity index (χ4v) is 3.89. The molecule has 110 valence electrons. The van der Waals surface area contributed by atoms with Crippen LogP contribution in [0.2, 0.25) is 0 Å². The fraction of sp³-hybridized carbons (Fsp3) is 0.692. The maximum absolute atomic E-state index is 4.71. The van der Waals surface area contributed by atoms with E-state index in [-0.39, 0.29) is 0 Å². The Morgan fingerprint density at radius 1 is 1.25 bits per heavy atom. The lowest BCUT2D eigenvalue weighted by molar-refractivity contribution is 0.571. The second kappa shape index (κ2) is 6.15. The summed E-state index contributed by atoms with van der Waals surface area (Å²) in [5.74, 6) is 2.93. The van der Waals surface area contributed by atoms with E-state index in [1.54, 1.807) is 0 Å². The lowest BCUT2D eigenvalue weighted by Gasteiger charge is -2.32. The van der Waals surface area contributed by atoms with Crippen molar-refractivity contribution in [1.82, 2.24) is 20.6 Å². The first-order valence-corrected chi connectivity index (χ1v) is 8.14. The number of likely N-dealkylation sites (N-methyl/N-ethyl adjacent to an activating group) is 1. The number of rotatable bonds is 3. The van der Waals surface area contributed by atoms with Crippen LogP contribution >= 0.6 is 11.8 Å². The summed E-state index contributed by atoms with van der Waals surface area (Å²) in [6.07, 6.45) is 0.981. The third-order valence-electron chi connectivity index (χ3n) is 3.83. The van der Waals surface area contributed by atoms with E-state index >= 15 is 0 Å². The molecule has 1 aromatic heterocycles. The molecule has 0 bridgehead atoms. The van der Waals surface area contributed by atoms with Crippen LogP contribution in [-0.4, -0.2) is 62.0 Å². The summed E-state index contributed by atoms with van der Waals surface area (Å²) in [6, 6.07) is 0.503. The van der Waals surface area contributed by atoms with Crippen molar-refractivity contribution >= 4 is 23.5 Å². The Hall–Kier alpha value is -1.05. The van der Waals surface area contributed by atoms with Crippen molar-refractivity contribution in [2.75, 3.05) is 56.2 Å². The minimum absolute atomic E-state index is 0.503. The largest absolute Gasteiger partial charge is 0.357 e. The monoisotopic (exact) mass is 294 g/mol. The summed E-state index contributed by atoms with van der Waals surface area (Å²) in [5.41, 5.74) is 1.17. The highest BCUT2D eigenvalue weighted by Gasteiger charge is 2.26. The summed E-state index contributed by atoms with van der Waals surface area (Å²) in [7, 11) is 3.91. The van der Waals surface area contributed by atoms with Gasteiger partial charge in [0.2, 0.25) is 5.95 Å². The molecule has 1 saturated heterocycles. The Bertz CT molecular complexity index is 474. The molecule has 2 aliphatic heterocycles. The molecule has 6 nitrogen and oxygen atoms in total. The van der Waals surface area contributed by atoms with Crippen LogP contribution in [0.25, 0.3) is 0 Å². The molecular weight excluding hydrogens is 272 g/mol. The van der Waals surface area contributed by atoms with Gasteiger partial charge in [0.25, 0.3) is 0 Å². The number of hydrogen-bond donors (Lipinski definition) is 3. The lowest BCUT2D eigenvalue weighted by atomic mass is 10.1. The van der Waals surface area contributed by atoms with Crippen LogP contribution in [0.4, 0.5) is 11.8 Å². The second-order valence-electron chi connectivity index (χ2n) is 5.13. The third-order valence-corrected chi connectivity index (χ3v) is 5.11. The van der Waals surface area contributed by atoms with E-state index in [9.17, 15) is 0 Å². The zero-order chi connectivity index (χ0) is 13.9. The average molecular weight is 294 g/mol. The van der Waals surface area contributed by atoms with Crippen LogP contribution < -0.4 is 20.9 Å². The summed E-state index contributed by atoms with van der Waals surface area (Å²) in [6.45, 7) is 4.08. The smallest absolute Gasteiger partial charge is 0.224 e. The zero-order valence-electron chi connectivity index (χ0n) is 12.1. The number of nitrogens with one attached hydrogen (secondary N) is 3. The molecule has 20 heavy (non-hydrogen) atoms. The first kappa shape index (κ1) is 13.9. The van der Waals surface area contributed by atoms with E-state index in [0.717, 1.165) is 50.1 Å². The van der Waals surface area contributed by atoms with Crippen LogP contribution in [0.15, 0.2) is 4.90 Å². The van der Waals surface area contributed by atoms with Gasteiger partial charge in [0.05, 0.1) is 10.6 Å². The van der Waals surface area contributed by atoms with Gasteiger partial charge in [-0.1, -0.05) is 0 Å². The molecule has 2 aliphatic rings. The molecule has 3 N–H and O–H groups in total. The molecular formula is C13H22N6S. The minimum atomic E-state index is 0.503. The van der Waals surface area contributed by atoms with Gasteiger partial charge in [-0.2, -0.15) is 4.98 Å². The Kier molecular flexibility index (Phi) is 4.28. The highest BCUT2D eigenvalue weighted by Crippen LogP contribution is 2.36. The van der Waals surface area contributed by atoms with Gasteiger partial charge in [0.1, 0.15) is 5.82 Å². The summed E-state index contributed by atoms with van der Waals surface area (Å²) >= 11 is 1.88. The average Bonchev–Trinajstić information content (AvgIpc) is 2.53. The predicted octanol–water partition coefficient (Wildman–Crippen LogP) is 0.164. The van der Waals surface area contributed by atoms with Crippen molar-refractivity contribution < 1.29 is 0 Å².